The van der Waals surface area contributed by atoms with Crippen LogP contribution in [0.4, 0.5) is 19.0 Å². The molecule has 0 saturated heterocycles. The minimum absolute atomic E-state index is 0.00960. The first-order chi connectivity index (χ1) is 15.7. The molecule has 33 heavy (non-hydrogen) atoms. The van der Waals surface area contributed by atoms with E-state index in [1.165, 1.54) is 24.1 Å². The Balaban J connectivity index is 1.54. The number of fused-ring (bicyclic) bond motifs is 4. The number of rotatable bonds is 2. The third-order valence-corrected chi connectivity index (χ3v) is 6.10. The monoisotopic (exact) mass is 454 g/mol. The first kappa shape index (κ1) is 21.0. The zero-order valence-corrected chi connectivity index (χ0v) is 17.4. The van der Waals surface area contributed by atoms with Gasteiger partial charge >= 0.3 is 6.18 Å². The Bertz CT molecular complexity index is 1360. The highest BCUT2D eigenvalue weighted by Gasteiger charge is 2.36. The second-order valence-electron chi connectivity index (χ2n) is 7.97. The smallest absolute Gasteiger partial charge is 0.416 e. The predicted molar refractivity (Wildman–Crippen MR) is 111 cm³/mol. The Hall–Kier alpha value is -3.84. The van der Waals surface area contributed by atoms with Gasteiger partial charge in [0.1, 0.15) is 24.2 Å². The lowest BCUT2D eigenvalue weighted by atomic mass is 9.97. The molecule has 1 atom stereocenters. The number of ether oxygens (including phenoxy) is 2. The number of carbonyl (C=O) groups excluding carboxylic acids is 1. The largest absolute Gasteiger partial charge is 0.491 e. The lowest BCUT2D eigenvalue weighted by molar-refractivity contribution is -0.137. The summed E-state index contributed by atoms with van der Waals surface area (Å²) < 4.78 is 50.0. The summed E-state index contributed by atoms with van der Waals surface area (Å²) in [5, 5.41) is 10.3. The molecular formula is C23H17F3N4O3. The Morgan fingerprint density at radius 2 is 2.00 bits per heavy atom. The van der Waals surface area contributed by atoms with Gasteiger partial charge in [-0.2, -0.15) is 18.4 Å². The zero-order chi connectivity index (χ0) is 23.5. The molecule has 2 N–H and O–H groups in total. The fourth-order valence-electron chi connectivity index (χ4n) is 4.31. The Kier molecular flexibility index (Phi) is 4.68. The van der Waals surface area contributed by atoms with E-state index in [-0.39, 0.29) is 23.5 Å². The molecule has 10 heteroatoms. The summed E-state index contributed by atoms with van der Waals surface area (Å²) in [5.74, 6) is -0.0459. The molecule has 168 valence electrons. The minimum atomic E-state index is -4.49. The molecule has 2 aliphatic rings. The first-order valence-electron chi connectivity index (χ1n) is 10.0. The fraction of sp³-hybridized carbons (Fsp3) is 0.261. The summed E-state index contributed by atoms with van der Waals surface area (Å²) in [7, 11) is 1.53. The molecule has 2 aliphatic heterocycles. The number of halogens is 3. The van der Waals surface area contributed by atoms with Crippen molar-refractivity contribution in [3.63, 3.8) is 0 Å². The van der Waals surface area contributed by atoms with E-state index in [2.05, 4.69) is 4.98 Å². The summed E-state index contributed by atoms with van der Waals surface area (Å²) in [6.45, 7) is 0.651. The number of hydrogen-bond donors (Lipinski definition) is 1. The van der Waals surface area contributed by atoms with Crippen LogP contribution in [0.5, 0.6) is 5.75 Å². The van der Waals surface area contributed by atoms with Crippen molar-refractivity contribution in [3.05, 3.63) is 63.7 Å². The number of nitrogen functional groups attached to an aromatic ring is 1. The van der Waals surface area contributed by atoms with E-state index in [1.807, 2.05) is 6.07 Å². The third kappa shape index (κ3) is 3.32. The molecule has 1 amide bonds. The van der Waals surface area contributed by atoms with Crippen LogP contribution in [0.1, 0.15) is 44.2 Å². The molecule has 0 bridgehead atoms. The molecule has 0 fully saturated rings. The molecule has 3 heterocycles. The second-order valence-corrected chi connectivity index (χ2v) is 7.97. The van der Waals surface area contributed by atoms with E-state index in [0.29, 0.717) is 35.5 Å². The maximum atomic E-state index is 13.4. The molecule has 0 saturated carbocycles. The van der Waals surface area contributed by atoms with Gasteiger partial charge in [0.25, 0.3) is 5.91 Å². The summed E-state index contributed by atoms with van der Waals surface area (Å²) >= 11 is 0. The average Bonchev–Trinajstić information content (AvgIpc) is 3.44. The summed E-state index contributed by atoms with van der Waals surface area (Å²) in [6, 6.07) is 7.77. The van der Waals surface area contributed by atoms with Crippen LogP contribution in [-0.2, 0) is 24.1 Å². The number of nitriles is 1. The number of nitrogens with two attached hydrogens (primary N) is 1. The molecule has 2 aromatic carbocycles. The van der Waals surface area contributed by atoms with Crippen LogP contribution in [0.15, 0.2) is 30.3 Å². The molecule has 0 unspecified atom stereocenters. The van der Waals surface area contributed by atoms with Crippen LogP contribution >= 0.6 is 0 Å². The molecule has 0 aliphatic carbocycles. The summed E-state index contributed by atoms with van der Waals surface area (Å²) in [4.78, 5) is 19.1. The lowest BCUT2D eigenvalue weighted by Gasteiger charge is -2.24. The first-order valence-corrected chi connectivity index (χ1v) is 10.0. The van der Waals surface area contributed by atoms with Gasteiger partial charge in [0.05, 0.1) is 41.5 Å². The number of likely N-dealkylation sites (N-methyl/N-ethyl adjacent to an activating group) is 1. The minimum Gasteiger partial charge on any atom is -0.491 e. The van der Waals surface area contributed by atoms with E-state index in [1.54, 1.807) is 6.07 Å². The van der Waals surface area contributed by atoms with Gasteiger partial charge in [0, 0.05) is 23.6 Å². The number of nitrogens with zero attached hydrogens (tertiary/aromatic N) is 3. The van der Waals surface area contributed by atoms with Crippen molar-refractivity contribution in [2.45, 2.75) is 25.4 Å². The molecule has 0 radical (unpaired) electrons. The van der Waals surface area contributed by atoms with Crippen LogP contribution < -0.4 is 10.5 Å². The van der Waals surface area contributed by atoms with Crippen LogP contribution in [0.25, 0.3) is 10.9 Å². The van der Waals surface area contributed by atoms with Crippen molar-refractivity contribution in [1.82, 2.24) is 9.88 Å². The molecular weight excluding hydrogens is 437 g/mol. The van der Waals surface area contributed by atoms with Crippen LogP contribution in [0.2, 0.25) is 0 Å². The number of carbonyl (C=O) groups is 1. The number of anilines is 1. The van der Waals surface area contributed by atoms with Gasteiger partial charge in [0.15, 0.2) is 0 Å². The number of amides is 1. The third-order valence-electron chi connectivity index (χ3n) is 6.10. The standard InChI is InChI=1S/C23H17F3N4O3/c1-30(19-10-33-20-5-12(23(24,25)26)2-3-13(19)20)22(31)14-6-15-16-8-32-9-17(16)21(28)29-18(15)4-11(14)7-27/h2-6,19H,8-10H2,1H3,(H2,28,29)/t19-/m1/s1. The van der Waals surface area contributed by atoms with Crippen LogP contribution in [0, 0.1) is 11.3 Å². The fourth-order valence-corrected chi connectivity index (χ4v) is 4.31. The highest BCUT2D eigenvalue weighted by Crippen LogP contribution is 2.41. The van der Waals surface area contributed by atoms with Crippen molar-refractivity contribution in [2.24, 2.45) is 0 Å². The van der Waals surface area contributed by atoms with Gasteiger partial charge in [-0.15, -0.1) is 0 Å². The maximum absolute atomic E-state index is 13.4. The topological polar surface area (TPSA) is 101 Å². The van der Waals surface area contributed by atoms with Crippen molar-refractivity contribution in [1.29, 1.82) is 5.26 Å². The highest BCUT2D eigenvalue weighted by molar-refractivity contribution is 6.02. The van der Waals surface area contributed by atoms with E-state index in [9.17, 15) is 23.2 Å². The van der Waals surface area contributed by atoms with E-state index in [4.69, 9.17) is 15.2 Å². The normalized spacial score (nSPS) is 16.8. The Labute approximate surface area is 186 Å². The maximum Gasteiger partial charge on any atom is 0.416 e. The van der Waals surface area contributed by atoms with Gasteiger partial charge in [-0.05, 0) is 29.8 Å². The van der Waals surface area contributed by atoms with Gasteiger partial charge in [-0.25, -0.2) is 4.98 Å². The van der Waals surface area contributed by atoms with Crippen LogP contribution in [-0.4, -0.2) is 29.4 Å². The van der Waals surface area contributed by atoms with Crippen molar-refractivity contribution in [2.75, 3.05) is 19.4 Å². The summed E-state index contributed by atoms with van der Waals surface area (Å²) in [6.07, 6.45) is -4.49. The molecule has 5 rings (SSSR count). The molecule has 1 aromatic heterocycles. The van der Waals surface area contributed by atoms with Crippen molar-refractivity contribution >= 4 is 22.6 Å². The number of hydrogen-bond acceptors (Lipinski definition) is 6. The molecule has 7 nitrogen and oxygen atoms in total. The zero-order valence-electron chi connectivity index (χ0n) is 17.4. The molecule has 0 spiro atoms. The predicted octanol–water partition coefficient (Wildman–Crippen LogP) is 3.94. The number of benzene rings is 2. The number of alkyl halides is 3. The Morgan fingerprint density at radius 3 is 2.73 bits per heavy atom. The Morgan fingerprint density at radius 1 is 1.24 bits per heavy atom. The average molecular weight is 454 g/mol. The van der Waals surface area contributed by atoms with Gasteiger partial charge in [-0.1, -0.05) is 6.07 Å². The van der Waals surface area contributed by atoms with E-state index in [0.717, 1.165) is 23.3 Å². The SMILES string of the molecule is CN(C(=O)c1cc2c3c(c(N)nc2cc1C#N)COC3)[C@@H]1COc2cc(C(F)(F)F)ccc21. The summed E-state index contributed by atoms with van der Waals surface area (Å²) in [5.41, 5.74) is 8.02. The van der Waals surface area contributed by atoms with E-state index < -0.39 is 23.7 Å². The quantitative estimate of drug-likeness (QED) is 0.629. The van der Waals surface area contributed by atoms with E-state index >= 15 is 0 Å². The number of aromatic nitrogens is 1. The lowest BCUT2D eigenvalue weighted by Crippen LogP contribution is -2.32. The van der Waals surface area contributed by atoms with Crippen molar-refractivity contribution in [3.8, 4) is 11.8 Å². The number of pyridine rings is 1. The van der Waals surface area contributed by atoms with Gasteiger partial charge in [-0.3, -0.25) is 4.79 Å². The van der Waals surface area contributed by atoms with Gasteiger partial charge < -0.3 is 20.1 Å². The highest BCUT2D eigenvalue weighted by atomic mass is 19.4. The van der Waals surface area contributed by atoms with Crippen LogP contribution in [0.3, 0.4) is 0 Å². The van der Waals surface area contributed by atoms with Crippen molar-refractivity contribution < 1.29 is 27.4 Å². The van der Waals surface area contributed by atoms with Gasteiger partial charge in [0.2, 0.25) is 0 Å². The second kappa shape index (κ2) is 7.35. The molecule has 3 aromatic rings.